The Morgan fingerprint density at radius 3 is 2.88 bits per heavy atom. The molecule has 1 aliphatic rings. The van der Waals surface area contributed by atoms with Crippen LogP contribution < -0.4 is 5.32 Å². The van der Waals surface area contributed by atoms with E-state index in [1.807, 2.05) is 23.9 Å². The molecule has 0 radical (unpaired) electrons. The van der Waals surface area contributed by atoms with E-state index in [9.17, 15) is 4.79 Å². The second-order valence-electron chi connectivity index (χ2n) is 6.32. The van der Waals surface area contributed by atoms with Crippen LogP contribution in [-0.4, -0.2) is 40.7 Å². The Bertz CT molecular complexity index is 671. The molecule has 0 saturated carbocycles. The largest absolute Gasteiger partial charge is 0.381 e. The van der Waals surface area contributed by atoms with Crippen LogP contribution in [0.2, 0.25) is 0 Å². The molecule has 0 bridgehead atoms. The van der Waals surface area contributed by atoms with Gasteiger partial charge in [0.25, 0.3) is 0 Å². The average molecular weight is 346 g/mol. The fourth-order valence-corrected chi connectivity index (χ4v) is 4.57. The Hall–Kier alpha value is -1.46. The highest BCUT2D eigenvalue weighted by atomic mass is 32.2. The maximum atomic E-state index is 12.3. The number of thioether (sulfide) groups is 1. The number of para-hydroxylation sites is 1. The molecule has 1 N–H and O–H groups in total. The van der Waals surface area contributed by atoms with Crippen LogP contribution in [0.5, 0.6) is 0 Å². The lowest BCUT2D eigenvalue weighted by atomic mass is 9.99. The number of fused-ring (bicyclic) bond motifs is 1. The summed E-state index contributed by atoms with van der Waals surface area (Å²) in [6.45, 7) is 5.26. The van der Waals surface area contributed by atoms with Crippen LogP contribution in [0.15, 0.2) is 36.5 Å². The third kappa shape index (κ3) is 4.14. The normalized spacial score (nSPS) is 17.0. The van der Waals surface area contributed by atoms with Crippen molar-refractivity contribution in [2.75, 3.05) is 25.5 Å². The van der Waals surface area contributed by atoms with Crippen LogP contribution in [0, 0.1) is 0 Å². The molecule has 1 aliphatic heterocycles. The van der Waals surface area contributed by atoms with Crippen molar-refractivity contribution in [1.82, 2.24) is 9.88 Å². The van der Waals surface area contributed by atoms with Gasteiger partial charge in [-0.3, -0.25) is 4.79 Å². The molecule has 3 rings (SSSR count). The molecular weight excluding hydrogens is 320 g/mol. The first-order chi connectivity index (χ1) is 11.7. The van der Waals surface area contributed by atoms with Gasteiger partial charge in [0.2, 0.25) is 5.91 Å². The number of aryl methyl sites for hydroxylation is 1. The molecule has 0 atom stereocenters. The maximum Gasteiger partial charge on any atom is 0.221 e. The van der Waals surface area contributed by atoms with Crippen LogP contribution in [0.4, 0.5) is 0 Å². The summed E-state index contributed by atoms with van der Waals surface area (Å²) in [5.41, 5.74) is 1.19. The van der Waals surface area contributed by atoms with Crippen molar-refractivity contribution in [3.05, 3.63) is 36.5 Å². The van der Waals surface area contributed by atoms with Crippen molar-refractivity contribution < 1.29 is 9.53 Å². The third-order valence-electron chi connectivity index (χ3n) is 4.72. The number of hydrogen-bond acceptors (Lipinski definition) is 3. The zero-order valence-corrected chi connectivity index (χ0v) is 15.1. The van der Waals surface area contributed by atoms with Gasteiger partial charge in [0.15, 0.2) is 0 Å². The number of carbonyl (C=O) groups excluding carboxylic acids is 1. The Kier molecular flexibility index (Phi) is 5.85. The number of nitrogens with zero attached hydrogens (tertiary/aromatic N) is 1. The lowest BCUT2D eigenvalue weighted by Crippen LogP contribution is -2.44. The minimum absolute atomic E-state index is 0.135. The molecule has 2 heterocycles. The number of rotatable bonds is 7. The fraction of sp³-hybridized carbons (Fsp3) is 0.526. The highest BCUT2D eigenvalue weighted by Crippen LogP contribution is 2.34. The van der Waals surface area contributed by atoms with Gasteiger partial charge in [-0.1, -0.05) is 25.1 Å². The highest BCUT2D eigenvalue weighted by molar-refractivity contribution is 8.00. The number of ether oxygens (including phenoxy) is 1. The summed E-state index contributed by atoms with van der Waals surface area (Å²) >= 11 is 1.96. The lowest BCUT2D eigenvalue weighted by molar-refractivity contribution is -0.121. The van der Waals surface area contributed by atoms with E-state index in [4.69, 9.17) is 4.74 Å². The quantitative estimate of drug-likeness (QED) is 0.835. The SMILES string of the molecule is CCSC1(CNC(=O)CCn2ccc3ccccc32)CCOCC1. The van der Waals surface area contributed by atoms with E-state index in [1.165, 1.54) is 10.9 Å². The number of amides is 1. The molecule has 0 spiro atoms. The number of nitrogens with one attached hydrogen (secondary N) is 1. The Morgan fingerprint density at radius 1 is 1.29 bits per heavy atom. The molecular formula is C19H26N2O2S. The van der Waals surface area contributed by atoms with E-state index in [2.05, 4.69) is 41.2 Å². The van der Waals surface area contributed by atoms with Crippen LogP contribution in [0.25, 0.3) is 10.9 Å². The van der Waals surface area contributed by atoms with Gasteiger partial charge in [0.05, 0.1) is 0 Å². The van der Waals surface area contributed by atoms with Crippen LogP contribution >= 0.6 is 11.8 Å². The molecule has 2 aromatic rings. The number of aromatic nitrogens is 1. The monoisotopic (exact) mass is 346 g/mol. The molecule has 4 nitrogen and oxygen atoms in total. The predicted molar refractivity (Wildman–Crippen MR) is 100 cm³/mol. The Balaban J connectivity index is 1.52. The molecule has 1 fully saturated rings. The smallest absolute Gasteiger partial charge is 0.221 e. The number of hydrogen-bond donors (Lipinski definition) is 1. The van der Waals surface area contributed by atoms with Crippen molar-refractivity contribution >= 4 is 28.6 Å². The van der Waals surface area contributed by atoms with Gasteiger partial charge in [0, 0.05) is 49.2 Å². The molecule has 0 unspecified atom stereocenters. The molecule has 5 heteroatoms. The second-order valence-corrected chi connectivity index (χ2v) is 8.06. The van der Waals surface area contributed by atoms with E-state index in [0.717, 1.165) is 44.9 Å². The fourth-order valence-electron chi connectivity index (χ4n) is 3.33. The van der Waals surface area contributed by atoms with Crippen molar-refractivity contribution in [3.63, 3.8) is 0 Å². The summed E-state index contributed by atoms with van der Waals surface area (Å²) in [5.74, 6) is 1.21. The topological polar surface area (TPSA) is 43.3 Å². The van der Waals surface area contributed by atoms with E-state index in [-0.39, 0.29) is 10.7 Å². The van der Waals surface area contributed by atoms with E-state index < -0.39 is 0 Å². The molecule has 1 aromatic carbocycles. The van der Waals surface area contributed by atoms with Crippen molar-refractivity contribution in [1.29, 1.82) is 0 Å². The Labute approximate surface area is 147 Å². The number of carbonyl (C=O) groups is 1. The average Bonchev–Trinajstić information content (AvgIpc) is 3.03. The molecule has 0 aliphatic carbocycles. The Morgan fingerprint density at radius 2 is 2.08 bits per heavy atom. The van der Waals surface area contributed by atoms with Crippen molar-refractivity contribution in [2.24, 2.45) is 0 Å². The van der Waals surface area contributed by atoms with E-state index in [1.54, 1.807) is 0 Å². The van der Waals surface area contributed by atoms with E-state index >= 15 is 0 Å². The summed E-state index contributed by atoms with van der Waals surface area (Å²) in [6, 6.07) is 10.4. The van der Waals surface area contributed by atoms with Crippen molar-refractivity contribution in [2.45, 2.75) is 37.5 Å². The maximum absolute atomic E-state index is 12.3. The molecule has 1 aromatic heterocycles. The molecule has 1 saturated heterocycles. The first kappa shape index (κ1) is 17.4. The minimum Gasteiger partial charge on any atom is -0.381 e. The predicted octanol–water partition coefficient (Wildman–Crippen LogP) is 3.45. The van der Waals surface area contributed by atoms with Gasteiger partial charge in [-0.15, -0.1) is 0 Å². The summed E-state index contributed by atoms with van der Waals surface area (Å²) in [4.78, 5) is 12.3. The lowest BCUT2D eigenvalue weighted by Gasteiger charge is -2.36. The van der Waals surface area contributed by atoms with Crippen molar-refractivity contribution in [3.8, 4) is 0 Å². The molecule has 1 amide bonds. The summed E-state index contributed by atoms with van der Waals surface area (Å²) < 4.78 is 7.79. The highest BCUT2D eigenvalue weighted by Gasteiger charge is 2.32. The van der Waals surface area contributed by atoms with Gasteiger partial charge in [-0.05, 0) is 36.1 Å². The van der Waals surface area contributed by atoms with Gasteiger partial charge in [-0.2, -0.15) is 11.8 Å². The van der Waals surface area contributed by atoms with E-state index in [0.29, 0.717) is 6.42 Å². The number of benzene rings is 1. The van der Waals surface area contributed by atoms with Crippen LogP contribution in [0.1, 0.15) is 26.2 Å². The molecule has 130 valence electrons. The first-order valence-corrected chi connectivity index (χ1v) is 9.73. The zero-order valence-electron chi connectivity index (χ0n) is 14.3. The third-order valence-corrected chi connectivity index (χ3v) is 6.18. The summed E-state index contributed by atoms with van der Waals surface area (Å²) in [5, 5.41) is 4.38. The standard InChI is InChI=1S/C19H26N2O2S/c1-2-24-19(9-13-23-14-10-19)15-20-18(22)8-12-21-11-7-16-5-3-4-6-17(16)21/h3-7,11H,2,8-10,12-15H2,1H3,(H,20,22). The summed E-state index contributed by atoms with van der Waals surface area (Å²) in [6.07, 6.45) is 4.62. The zero-order chi connectivity index (χ0) is 16.8. The second kappa shape index (κ2) is 8.08. The molecule has 24 heavy (non-hydrogen) atoms. The minimum atomic E-state index is 0.135. The van der Waals surface area contributed by atoms with Gasteiger partial charge in [0.1, 0.15) is 0 Å². The first-order valence-electron chi connectivity index (χ1n) is 8.75. The van der Waals surface area contributed by atoms with Crippen LogP contribution in [-0.2, 0) is 16.1 Å². The van der Waals surface area contributed by atoms with Gasteiger partial charge >= 0.3 is 0 Å². The van der Waals surface area contributed by atoms with Gasteiger partial charge < -0.3 is 14.6 Å². The summed E-state index contributed by atoms with van der Waals surface area (Å²) in [7, 11) is 0. The van der Waals surface area contributed by atoms with Crippen LogP contribution in [0.3, 0.4) is 0 Å². The van der Waals surface area contributed by atoms with Gasteiger partial charge in [-0.25, -0.2) is 0 Å².